The summed E-state index contributed by atoms with van der Waals surface area (Å²) in [6.45, 7) is 2.17. The minimum atomic E-state index is -0.146. The van der Waals surface area contributed by atoms with Crippen LogP contribution < -0.4 is 5.32 Å². The Hall–Kier alpha value is -3.06. The number of aromatic nitrogens is 3. The Morgan fingerprint density at radius 3 is 2.64 bits per heavy atom. The smallest absolute Gasteiger partial charge is 0.257 e. The molecule has 4 aromatic rings. The minimum Gasteiger partial charge on any atom is -0.346 e. The lowest BCUT2D eigenvalue weighted by Crippen LogP contribution is -2.22. The number of nitrogens with one attached hydrogen (secondary N) is 1. The summed E-state index contributed by atoms with van der Waals surface area (Å²) in [6.07, 6.45) is 0. The van der Waals surface area contributed by atoms with E-state index in [2.05, 4.69) is 20.4 Å². The molecule has 2 heterocycles. The van der Waals surface area contributed by atoms with Crippen LogP contribution in [0.3, 0.4) is 0 Å². The van der Waals surface area contributed by atoms with Crippen molar-refractivity contribution in [3.63, 3.8) is 0 Å². The molecule has 0 bridgehead atoms. The first-order valence-corrected chi connectivity index (χ1v) is 8.54. The highest BCUT2D eigenvalue weighted by atomic mass is 32.1. The zero-order valence-electron chi connectivity index (χ0n) is 13.4. The lowest BCUT2D eigenvalue weighted by molar-refractivity contribution is 0.0951. The number of hydrogen-bond donors (Lipinski definition) is 1. The topological polar surface area (TPSA) is 80.9 Å². The van der Waals surface area contributed by atoms with Gasteiger partial charge in [0.05, 0.1) is 16.8 Å². The zero-order valence-corrected chi connectivity index (χ0v) is 14.2. The SMILES string of the molecule is Cc1noc(-c2ccc(C(=O)NCc3nc4ccccc4s3)cc2)n1. The average Bonchev–Trinajstić information content (AvgIpc) is 3.25. The number of fused-ring (bicyclic) bond motifs is 1. The van der Waals surface area contributed by atoms with E-state index in [9.17, 15) is 4.79 Å². The molecule has 0 aliphatic rings. The first-order valence-electron chi connectivity index (χ1n) is 7.72. The molecule has 0 radical (unpaired) electrons. The number of para-hydroxylation sites is 1. The van der Waals surface area contributed by atoms with E-state index < -0.39 is 0 Å². The highest BCUT2D eigenvalue weighted by Gasteiger charge is 2.10. The Kier molecular flexibility index (Phi) is 3.99. The molecule has 1 amide bonds. The van der Waals surface area contributed by atoms with Gasteiger partial charge in [0.15, 0.2) is 5.82 Å². The van der Waals surface area contributed by atoms with E-state index in [1.54, 1.807) is 42.5 Å². The molecule has 6 nitrogen and oxygen atoms in total. The fourth-order valence-electron chi connectivity index (χ4n) is 2.43. The van der Waals surface area contributed by atoms with E-state index in [4.69, 9.17) is 4.52 Å². The summed E-state index contributed by atoms with van der Waals surface area (Å²) in [5, 5.41) is 7.54. The number of benzene rings is 2. The van der Waals surface area contributed by atoms with Crippen LogP contribution in [0, 0.1) is 6.92 Å². The molecule has 0 aliphatic carbocycles. The van der Waals surface area contributed by atoms with Crippen molar-refractivity contribution >= 4 is 27.5 Å². The number of amides is 1. The molecule has 4 rings (SSSR count). The molecule has 0 saturated carbocycles. The number of carbonyl (C=O) groups is 1. The van der Waals surface area contributed by atoms with Crippen LogP contribution in [0.2, 0.25) is 0 Å². The van der Waals surface area contributed by atoms with Gasteiger partial charge in [0.2, 0.25) is 0 Å². The molecule has 0 aliphatic heterocycles. The van der Waals surface area contributed by atoms with Gasteiger partial charge in [-0.2, -0.15) is 4.98 Å². The molecule has 0 fully saturated rings. The van der Waals surface area contributed by atoms with Crippen molar-refractivity contribution in [2.75, 3.05) is 0 Å². The molecule has 1 N–H and O–H groups in total. The highest BCUT2D eigenvalue weighted by Crippen LogP contribution is 2.21. The Morgan fingerprint density at radius 2 is 1.92 bits per heavy atom. The first kappa shape index (κ1) is 15.5. The van der Waals surface area contributed by atoms with Crippen molar-refractivity contribution < 1.29 is 9.32 Å². The molecule has 25 heavy (non-hydrogen) atoms. The van der Waals surface area contributed by atoms with Gasteiger partial charge in [-0.15, -0.1) is 11.3 Å². The van der Waals surface area contributed by atoms with Crippen LogP contribution in [0.5, 0.6) is 0 Å². The molecular weight excluding hydrogens is 336 g/mol. The zero-order chi connectivity index (χ0) is 17.2. The summed E-state index contributed by atoms with van der Waals surface area (Å²) in [5.74, 6) is 0.874. The second-order valence-corrected chi connectivity index (χ2v) is 6.60. The van der Waals surface area contributed by atoms with Gasteiger partial charge >= 0.3 is 0 Å². The van der Waals surface area contributed by atoms with Gasteiger partial charge in [-0.05, 0) is 43.3 Å². The van der Waals surface area contributed by atoms with Crippen LogP contribution in [-0.4, -0.2) is 21.0 Å². The van der Waals surface area contributed by atoms with Crippen molar-refractivity contribution in [3.05, 3.63) is 64.9 Å². The average molecular weight is 350 g/mol. The minimum absolute atomic E-state index is 0.146. The molecule has 7 heteroatoms. The van der Waals surface area contributed by atoms with Gasteiger partial charge in [0, 0.05) is 11.1 Å². The van der Waals surface area contributed by atoms with Crippen LogP contribution in [-0.2, 0) is 6.54 Å². The number of nitrogens with zero attached hydrogens (tertiary/aromatic N) is 3. The van der Waals surface area contributed by atoms with Gasteiger partial charge in [-0.25, -0.2) is 4.98 Å². The Balaban J connectivity index is 1.43. The second-order valence-electron chi connectivity index (χ2n) is 5.48. The largest absolute Gasteiger partial charge is 0.346 e. The normalized spacial score (nSPS) is 10.9. The fraction of sp³-hybridized carbons (Fsp3) is 0.111. The molecule has 2 aromatic carbocycles. The van der Waals surface area contributed by atoms with Gasteiger partial charge in [0.1, 0.15) is 5.01 Å². The first-order chi connectivity index (χ1) is 12.2. The van der Waals surface area contributed by atoms with Crippen molar-refractivity contribution in [2.24, 2.45) is 0 Å². The van der Waals surface area contributed by atoms with Crippen molar-refractivity contribution in [2.45, 2.75) is 13.5 Å². The lowest BCUT2D eigenvalue weighted by atomic mass is 10.1. The Morgan fingerprint density at radius 1 is 1.12 bits per heavy atom. The molecule has 2 aromatic heterocycles. The van der Waals surface area contributed by atoms with Crippen molar-refractivity contribution in [1.82, 2.24) is 20.4 Å². The summed E-state index contributed by atoms with van der Waals surface area (Å²) >= 11 is 1.58. The van der Waals surface area contributed by atoms with Crippen LogP contribution in [0.25, 0.3) is 21.7 Å². The predicted octanol–water partition coefficient (Wildman–Crippen LogP) is 3.58. The Labute approximate surface area is 147 Å². The van der Waals surface area contributed by atoms with E-state index in [0.29, 0.717) is 23.8 Å². The maximum Gasteiger partial charge on any atom is 0.257 e. The van der Waals surface area contributed by atoms with Crippen molar-refractivity contribution in [3.8, 4) is 11.5 Å². The number of rotatable bonds is 4. The van der Waals surface area contributed by atoms with Crippen LogP contribution in [0.15, 0.2) is 53.1 Å². The predicted molar refractivity (Wildman–Crippen MR) is 95.3 cm³/mol. The standard InChI is InChI=1S/C18H14N4O2S/c1-11-20-18(24-22-11)13-8-6-12(7-9-13)17(23)19-10-16-21-14-4-2-3-5-15(14)25-16/h2-9H,10H2,1H3,(H,19,23). The molecule has 0 saturated heterocycles. The summed E-state index contributed by atoms with van der Waals surface area (Å²) in [7, 11) is 0. The van der Waals surface area contributed by atoms with E-state index in [0.717, 1.165) is 20.8 Å². The summed E-state index contributed by atoms with van der Waals surface area (Å²) < 4.78 is 6.23. The van der Waals surface area contributed by atoms with Crippen LogP contribution in [0.4, 0.5) is 0 Å². The van der Waals surface area contributed by atoms with Crippen LogP contribution in [0.1, 0.15) is 21.2 Å². The van der Waals surface area contributed by atoms with Gasteiger partial charge in [0.25, 0.3) is 11.8 Å². The van der Waals surface area contributed by atoms with Crippen LogP contribution >= 0.6 is 11.3 Å². The monoisotopic (exact) mass is 350 g/mol. The molecule has 0 unspecified atom stereocenters. The maximum absolute atomic E-state index is 12.3. The maximum atomic E-state index is 12.3. The summed E-state index contributed by atoms with van der Waals surface area (Å²) in [6, 6.07) is 15.0. The molecule has 0 atom stereocenters. The number of aryl methyl sites for hydroxylation is 1. The van der Waals surface area contributed by atoms with E-state index in [-0.39, 0.29) is 5.91 Å². The number of hydrogen-bond acceptors (Lipinski definition) is 6. The highest BCUT2D eigenvalue weighted by molar-refractivity contribution is 7.18. The van der Waals surface area contributed by atoms with Crippen molar-refractivity contribution in [1.29, 1.82) is 0 Å². The van der Waals surface area contributed by atoms with E-state index in [1.165, 1.54) is 0 Å². The van der Waals surface area contributed by atoms with Gasteiger partial charge in [-0.3, -0.25) is 4.79 Å². The quantitative estimate of drug-likeness (QED) is 0.608. The third kappa shape index (κ3) is 3.27. The van der Waals surface area contributed by atoms with E-state index >= 15 is 0 Å². The number of carbonyl (C=O) groups excluding carboxylic acids is 1. The second kappa shape index (κ2) is 6.45. The third-order valence-corrected chi connectivity index (χ3v) is 4.70. The molecular formula is C18H14N4O2S. The fourth-order valence-corrected chi connectivity index (χ4v) is 3.34. The third-order valence-electron chi connectivity index (χ3n) is 3.66. The summed E-state index contributed by atoms with van der Waals surface area (Å²) in [4.78, 5) is 21.0. The van der Waals surface area contributed by atoms with Gasteiger partial charge in [-0.1, -0.05) is 17.3 Å². The molecule has 124 valence electrons. The van der Waals surface area contributed by atoms with E-state index in [1.807, 2.05) is 24.3 Å². The lowest BCUT2D eigenvalue weighted by Gasteiger charge is -2.03. The Bertz CT molecular complexity index is 1000. The summed E-state index contributed by atoms with van der Waals surface area (Å²) in [5.41, 5.74) is 2.31. The molecule has 0 spiro atoms. The number of thiazole rings is 1. The van der Waals surface area contributed by atoms with Gasteiger partial charge < -0.3 is 9.84 Å².